The first-order chi connectivity index (χ1) is 8.63. The van der Waals surface area contributed by atoms with E-state index in [1.54, 1.807) is 11.8 Å². The predicted octanol–water partition coefficient (Wildman–Crippen LogP) is 1.49. The van der Waals surface area contributed by atoms with E-state index in [0.29, 0.717) is 6.42 Å². The van der Waals surface area contributed by atoms with Gasteiger partial charge >= 0.3 is 0 Å². The van der Waals surface area contributed by atoms with Crippen molar-refractivity contribution in [3.8, 4) is 0 Å². The Bertz CT molecular complexity index is 471. The summed E-state index contributed by atoms with van der Waals surface area (Å²) in [5.41, 5.74) is 2.17. The molecule has 1 atom stereocenters. The van der Waals surface area contributed by atoms with E-state index in [4.69, 9.17) is 0 Å². The topological polar surface area (TPSA) is 49.4 Å². The largest absolute Gasteiger partial charge is 0.347 e. The fourth-order valence-corrected chi connectivity index (χ4v) is 2.33. The van der Waals surface area contributed by atoms with Gasteiger partial charge in [0.05, 0.1) is 6.54 Å². The summed E-state index contributed by atoms with van der Waals surface area (Å²) in [6.07, 6.45) is 1.28. The number of anilines is 1. The van der Waals surface area contributed by atoms with Crippen molar-refractivity contribution in [3.05, 3.63) is 29.8 Å². The molecular weight excluding hydrogens is 228 g/mol. The molecule has 1 aromatic rings. The first kappa shape index (κ1) is 12.6. The lowest BCUT2D eigenvalue weighted by molar-refractivity contribution is -0.124. The molecule has 0 spiro atoms. The van der Waals surface area contributed by atoms with Crippen LogP contribution in [0.2, 0.25) is 0 Å². The summed E-state index contributed by atoms with van der Waals surface area (Å²) in [5, 5.41) is 2.63. The number of hydrogen-bond donors (Lipinski definition) is 1. The standard InChI is InChI=1S/C14H18N2O2/c1-3-13(17)15-9-14(18)16-10(2)8-11-6-4-5-7-12(11)16/h4-7,10H,3,8-9H2,1-2H3,(H,15,17). The molecule has 1 heterocycles. The Hall–Kier alpha value is -1.84. The van der Waals surface area contributed by atoms with Crippen molar-refractivity contribution in [2.24, 2.45) is 0 Å². The molecule has 0 radical (unpaired) electrons. The molecule has 2 amide bonds. The molecule has 96 valence electrons. The maximum atomic E-state index is 12.2. The maximum absolute atomic E-state index is 12.2. The Morgan fingerprint density at radius 3 is 2.83 bits per heavy atom. The van der Waals surface area contributed by atoms with Gasteiger partial charge in [0.25, 0.3) is 0 Å². The van der Waals surface area contributed by atoms with Crippen molar-refractivity contribution in [2.45, 2.75) is 32.7 Å². The van der Waals surface area contributed by atoms with Gasteiger partial charge in [0.15, 0.2) is 0 Å². The number of nitrogens with zero attached hydrogens (tertiary/aromatic N) is 1. The molecule has 18 heavy (non-hydrogen) atoms. The van der Waals surface area contributed by atoms with Crippen LogP contribution in [0.1, 0.15) is 25.8 Å². The minimum Gasteiger partial charge on any atom is -0.347 e. The lowest BCUT2D eigenvalue weighted by Crippen LogP contribution is -2.42. The zero-order chi connectivity index (χ0) is 13.1. The minimum atomic E-state index is -0.0940. The van der Waals surface area contributed by atoms with Gasteiger partial charge in [-0.2, -0.15) is 0 Å². The average molecular weight is 246 g/mol. The number of hydrogen-bond acceptors (Lipinski definition) is 2. The van der Waals surface area contributed by atoms with Crippen LogP contribution in [0.5, 0.6) is 0 Å². The number of para-hydroxylation sites is 1. The van der Waals surface area contributed by atoms with Crippen LogP contribution in [0, 0.1) is 0 Å². The second-order valence-electron chi connectivity index (χ2n) is 4.58. The number of fused-ring (bicyclic) bond motifs is 1. The predicted molar refractivity (Wildman–Crippen MR) is 70.4 cm³/mol. The molecular formula is C14H18N2O2. The highest BCUT2D eigenvalue weighted by molar-refractivity contribution is 5.98. The van der Waals surface area contributed by atoms with Gasteiger partial charge < -0.3 is 10.2 Å². The molecule has 1 aromatic carbocycles. The fraction of sp³-hybridized carbons (Fsp3) is 0.429. The van der Waals surface area contributed by atoms with E-state index in [1.807, 2.05) is 31.2 Å². The number of nitrogens with one attached hydrogen (secondary N) is 1. The van der Waals surface area contributed by atoms with Crippen LogP contribution in [0.4, 0.5) is 5.69 Å². The number of benzene rings is 1. The van der Waals surface area contributed by atoms with Gasteiger partial charge in [-0.25, -0.2) is 0 Å². The molecule has 0 saturated carbocycles. The zero-order valence-electron chi connectivity index (χ0n) is 10.8. The van der Waals surface area contributed by atoms with E-state index < -0.39 is 0 Å². The van der Waals surface area contributed by atoms with Gasteiger partial charge in [-0.1, -0.05) is 25.1 Å². The first-order valence-corrected chi connectivity index (χ1v) is 6.30. The van der Waals surface area contributed by atoms with E-state index in [2.05, 4.69) is 5.32 Å². The molecule has 1 unspecified atom stereocenters. The molecule has 1 N–H and O–H groups in total. The molecule has 0 bridgehead atoms. The van der Waals surface area contributed by atoms with Crippen LogP contribution in [-0.2, 0) is 16.0 Å². The Kier molecular flexibility index (Phi) is 3.65. The molecule has 4 heteroatoms. The van der Waals surface area contributed by atoms with Crippen LogP contribution in [0.25, 0.3) is 0 Å². The number of carbonyl (C=O) groups excluding carboxylic acids is 2. The molecule has 4 nitrogen and oxygen atoms in total. The monoisotopic (exact) mass is 246 g/mol. The van der Waals surface area contributed by atoms with Crippen molar-refractivity contribution >= 4 is 17.5 Å². The molecule has 1 aliphatic heterocycles. The highest BCUT2D eigenvalue weighted by Gasteiger charge is 2.30. The summed E-state index contributed by atoms with van der Waals surface area (Å²) in [4.78, 5) is 25.1. The minimum absolute atomic E-state index is 0.0470. The lowest BCUT2D eigenvalue weighted by Gasteiger charge is -2.22. The first-order valence-electron chi connectivity index (χ1n) is 6.30. The van der Waals surface area contributed by atoms with Crippen molar-refractivity contribution in [2.75, 3.05) is 11.4 Å². The van der Waals surface area contributed by atoms with Crippen molar-refractivity contribution in [3.63, 3.8) is 0 Å². The molecule has 2 rings (SSSR count). The lowest BCUT2D eigenvalue weighted by atomic mass is 10.1. The van der Waals surface area contributed by atoms with E-state index in [9.17, 15) is 9.59 Å². The molecule has 0 fully saturated rings. The number of carbonyl (C=O) groups is 2. The highest BCUT2D eigenvalue weighted by atomic mass is 16.2. The van der Waals surface area contributed by atoms with E-state index >= 15 is 0 Å². The molecule has 0 aromatic heterocycles. The normalized spacial score (nSPS) is 17.4. The Morgan fingerprint density at radius 2 is 2.11 bits per heavy atom. The molecule has 0 saturated heterocycles. The summed E-state index contributed by atoms with van der Waals surface area (Å²) in [7, 11) is 0. The Morgan fingerprint density at radius 1 is 1.39 bits per heavy atom. The quantitative estimate of drug-likeness (QED) is 0.878. The summed E-state index contributed by atoms with van der Waals surface area (Å²) >= 11 is 0. The summed E-state index contributed by atoms with van der Waals surface area (Å²) in [6, 6.07) is 8.08. The van der Waals surface area contributed by atoms with Crippen LogP contribution >= 0.6 is 0 Å². The third-order valence-electron chi connectivity index (χ3n) is 3.23. The zero-order valence-corrected chi connectivity index (χ0v) is 10.8. The van der Waals surface area contributed by atoms with Crippen molar-refractivity contribution in [1.82, 2.24) is 5.32 Å². The van der Waals surface area contributed by atoms with Gasteiger partial charge in [-0.3, -0.25) is 9.59 Å². The van der Waals surface area contributed by atoms with Gasteiger partial charge in [0.1, 0.15) is 0 Å². The third-order valence-corrected chi connectivity index (χ3v) is 3.23. The van der Waals surface area contributed by atoms with E-state index in [1.165, 1.54) is 5.56 Å². The molecule has 1 aliphatic rings. The van der Waals surface area contributed by atoms with Crippen molar-refractivity contribution < 1.29 is 9.59 Å². The van der Waals surface area contributed by atoms with Gasteiger partial charge in [0.2, 0.25) is 11.8 Å². The number of rotatable bonds is 3. The van der Waals surface area contributed by atoms with E-state index in [-0.39, 0.29) is 24.4 Å². The molecule has 0 aliphatic carbocycles. The summed E-state index contributed by atoms with van der Waals surface area (Å²) < 4.78 is 0. The summed E-state index contributed by atoms with van der Waals surface area (Å²) in [6.45, 7) is 3.87. The SMILES string of the molecule is CCC(=O)NCC(=O)N1c2ccccc2CC1C. The van der Waals surface area contributed by atoms with Crippen LogP contribution in [0.3, 0.4) is 0 Å². The second-order valence-corrected chi connectivity index (χ2v) is 4.58. The van der Waals surface area contributed by atoms with Gasteiger partial charge in [-0.05, 0) is 25.0 Å². The van der Waals surface area contributed by atoms with E-state index in [0.717, 1.165) is 12.1 Å². The second kappa shape index (κ2) is 5.21. The van der Waals surface area contributed by atoms with Crippen LogP contribution < -0.4 is 10.2 Å². The average Bonchev–Trinajstić information content (AvgIpc) is 2.71. The smallest absolute Gasteiger partial charge is 0.246 e. The van der Waals surface area contributed by atoms with Crippen LogP contribution in [-0.4, -0.2) is 24.4 Å². The fourth-order valence-electron chi connectivity index (χ4n) is 2.33. The Labute approximate surface area is 107 Å². The van der Waals surface area contributed by atoms with Crippen LogP contribution in [0.15, 0.2) is 24.3 Å². The maximum Gasteiger partial charge on any atom is 0.246 e. The highest BCUT2D eigenvalue weighted by Crippen LogP contribution is 2.31. The summed E-state index contributed by atoms with van der Waals surface area (Å²) in [5.74, 6) is -0.141. The van der Waals surface area contributed by atoms with Crippen molar-refractivity contribution in [1.29, 1.82) is 0 Å². The van der Waals surface area contributed by atoms with Gasteiger partial charge in [0, 0.05) is 18.2 Å². The third kappa shape index (κ3) is 2.37. The van der Waals surface area contributed by atoms with Gasteiger partial charge in [-0.15, -0.1) is 0 Å². The Balaban J connectivity index is 2.09. The number of amides is 2.